The van der Waals surface area contributed by atoms with Crippen LogP contribution in [-0.4, -0.2) is 28.4 Å². The summed E-state index contributed by atoms with van der Waals surface area (Å²) < 4.78 is 0.816. The first-order valence-corrected chi connectivity index (χ1v) is 6.83. The highest BCUT2D eigenvalue weighted by atomic mass is 79.9. The van der Waals surface area contributed by atoms with Crippen LogP contribution in [0.3, 0.4) is 0 Å². The first kappa shape index (κ1) is 13.6. The molecule has 0 atom stereocenters. The monoisotopic (exact) mass is 320 g/mol. The zero-order valence-corrected chi connectivity index (χ0v) is 12.3. The van der Waals surface area contributed by atoms with Crippen LogP contribution in [0.5, 0.6) is 0 Å². The lowest BCUT2D eigenvalue weighted by atomic mass is 10.3. The number of amides is 1. The topological polar surface area (TPSA) is 46.3 Å². The molecule has 2 N–H and O–H groups in total. The predicted molar refractivity (Wildman–Crippen MR) is 75.0 cm³/mol. The summed E-state index contributed by atoms with van der Waals surface area (Å²) in [6.45, 7) is 4.20. The molecule has 0 unspecified atom stereocenters. The third-order valence-corrected chi connectivity index (χ3v) is 3.98. The van der Waals surface area contributed by atoms with Gasteiger partial charge in [-0.1, -0.05) is 12.2 Å². The minimum absolute atomic E-state index is 0.0373. The molecule has 1 heterocycles. The van der Waals surface area contributed by atoms with Crippen LogP contribution < -0.4 is 5.73 Å². The third-order valence-electron chi connectivity index (χ3n) is 2.02. The van der Waals surface area contributed by atoms with Crippen molar-refractivity contribution in [3.8, 4) is 0 Å². The van der Waals surface area contributed by atoms with Gasteiger partial charge in [-0.15, -0.1) is 11.3 Å². The fourth-order valence-corrected chi connectivity index (χ4v) is 2.87. The van der Waals surface area contributed by atoms with Crippen LogP contribution in [0.15, 0.2) is 15.9 Å². The fourth-order valence-electron chi connectivity index (χ4n) is 1.23. The Morgan fingerprint density at radius 1 is 1.69 bits per heavy atom. The number of hydrogen-bond donors (Lipinski definition) is 1. The quantitative estimate of drug-likeness (QED) is 0.867. The van der Waals surface area contributed by atoms with Gasteiger partial charge in [0.05, 0.1) is 11.5 Å². The average molecular weight is 321 g/mol. The molecule has 0 bridgehead atoms. The highest BCUT2D eigenvalue weighted by Gasteiger charge is 2.22. The van der Waals surface area contributed by atoms with Crippen molar-refractivity contribution in [2.75, 3.05) is 6.54 Å². The number of carbonyl (C=O) groups excluding carboxylic acids is 1. The van der Waals surface area contributed by atoms with Crippen molar-refractivity contribution in [1.29, 1.82) is 0 Å². The normalized spacial score (nSPS) is 10.5. The van der Waals surface area contributed by atoms with E-state index >= 15 is 0 Å². The number of rotatable bonds is 4. The number of nitrogens with zero attached hydrogens (tertiary/aromatic N) is 1. The van der Waals surface area contributed by atoms with Crippen LogP contribution in [0.25, 0.3) is 0 Å². The van der Waals surface area contributed by atoms with E-state index in [2.05, 4.69) is 15.9 Å². The summed E-state index contributed by atoms with van der Waals surface area (Å²) >= 11 is 9.61. The Balaban J connectivity index is 2.92. The zero-order valence-electron chi connectivity index (χ0n) is 9.07. The van der Waals surface area contributed by atoms with Crippen LogP contribution in [0, 0.1) is 0 Å². The van der Waals surface area contributed by atoms with E-state index in [0.717, 1.165) is 4.47 Å². The minimum Gasteiger partial charge on any atom is -0.392 e. The van der Waals surface area contributed by atoms with Crippen LogP contribution in [0.4, 0.5) is 0 Å². The number of halogens is 1. The lowest BCUT2D eigenvalue weighted by molar-refractivity contribution is 0.0740. The van der Waals surface area contributed by atoms with Gasteiger partial charge in [0, 0.05) is 10.5 Å². The van der Waals surface area contributed by atoms with E-state index in [-0.39, 0.29) is 11.9 Å². The number of carbonyl (C=O) groups is 1. The molecule has 0 aliphatic heterocycles. The Bertz CT molecular complexity index is 403. The number of thiocarbonyl (C=S) groups is 1. The molecule has 0 fully saturated rings. The molecule has 1 aromatic heterocycles. The fraction of sp³-hybridized carbons (Fsp3) is 0.400. The lowest BCUT2D eigenvalue weighted by Gasteiger charge is -2.25. The van der Waals surface area contributed by atoms with Gasteiger partial charge >= 0.3 is 0 Å². The van der Waals surface area contributed by atoms with Gasteiger partial charge in [-0.3, -0.25) is 4.79 Å². The van der Waals surface area contributed by atoms with Crippen LogP contribution in [0.2, 0.25) is 0 Å². The Labute approximate surface area is 113 Å². The maximum Gasteiger partial charge on any atom is 0.265 e. The van der Waals surface area contributed by atoms with Gasteiger partial charge in [-0.25, -0.2) is 0 Å². The lowest BCUT2D eigenvalue weighted by Crippen LogP contribution is -2.42. The van der Waals surface area contributed by atoms with Crippen LogP contribution in [-0.2, 0) is 0 Å². The zero-order chi connectivity index (χ0) is 12.3. The summed E-state index contributed by atoms with van der Waals surface area (Å²) in [5.41, 5.74) is 5.49. The maximum absolute atomic E-state index is 12.2. The summed E-state index contributed by atoms with van der Waals surface area (Å²) in [4.78, 5) is 14.9. The van der Waals surface area contributed by atoms with Crippen LogP contribution >= 0.6 is 39.5 Å². The summed E-state index contributed by atoms with van der Waals surface area (Å²) in [7, 11) is 0. The van der Waals surface area contributed by atoms with Crippen molar-refractivity contribution >= 4 is 50.4 Å². The van der Waals surface area contributed by atoms with Gasteiger partial charge in [-0.05, 0) is 41.2 Å². The van der Waals surface area contributed by atoms with Crippen molar-refractivity contribution in [2.24, 2.45) is 5.73 Å². The second kappa shape index (κ2) is 5.75. The van der Waals surface area contributed by atoms with E-state index in [0.29, 0.717) is 16.4 Å². The largest absolute Gasteiger partial charge is 0.392 e. The predicted octanol–water partition coefficient (Wildman–Crippen LogP) is 2.65. The summed E-state index contributed by atoms with van der Waals surface area (Å²) in [6, 6.07) is 1.93. The Hall–Kier alpha value is -0.460. The van der Waals surface area contributed by atoms with Gasteiger partial charge in [0.2, 0.25) is 0 Å². The average Bonchev–Trinajstić information content (AvgIpc) is 2.59. The SMILES string of the molecule is CC(C)N(CC(N)=S)C(=O)c1sccc1Br. The molecule has 0 spiro atoms. The number of nitrogens with two attached hydrogens (primary N) is 1. The van der Waals surface area contributed by atoms with Crippen molar-refractivity contribution in [3.63, 3.8) is 0 Å². The molecule has 1 aromatic rings. The standard InChI is InChI=1S/C10H13BrN2OS2/c1-6(2)13(5-8(12)15)10(14)9-7(11)3-4-16-9/h3-4,6H,5H2,1-2H3,(H2,12,15). The molecule has 88 valence electrons. The van der Waals surface area contributed by atoms with Gasteiger partial charge in [0.1, 0.15) is 4.88 Å². The molecule has 16 heavy (non-hydrogen) atoms. The summed E-state index contributed by atoms with van der Waals surface area (Å²) in [5.74, 6) is -0.0373. The molecule has 0 aliphatic rings. The molecule has 0 saturated carbocycles. The Kier molecular flexibility index (Phi) is 4.89. The van der Waals surface area contributed by atoms with Gasteiger partial charge in [0.15, 0.2) is 0 Å². The molecule has 0 aliphatic carbocycles. The van der Waals surface area contributed by atoms with E-state index in [9.17, 15) is 4.79 Å². The van der Waals surface area contributed by atoms with Crippen molar-refractivity contribution in [3.05, 3.63) is 20.8 Å². The van der Waals surface area contributed by atoms with E-state index < -0.39 is 0 Å². The molecule has 1 amide bonds. The molecule has 6 heteroatoms. The first-order chi connectivity index (χ1) is 7.43. The molecule has 0 radical (unpaired) electrons. The van der Waals surface area contributed by atoms with E-state index in [4.69, 9.17) is 18.0 Å². The van der Waals surface area contributed by atoms with Gasteiger partial charge in [0.25, 0.3) is 5.91 Å². The highest BCUT2D eigenvalue weighted by Crippen LogP contribution is 2.24. The molecule has 1 rings (SSSR count). The maximum atomic E-state index is 12.2. The summed E-state index contributed by atoms with van der Waals surface area (Å²) in [5, 5.41) is 1.87. The number of hydrogen-bond acceptors (Lipinski definition) is 3. The van der Waals surface area contributed by atoms with Crippen molar-refractivity contribution in [2.45, 2.75) is 19.9 Å². The number of thiophene rings is 1. The first-order valence-electron chi connectivity index (χ1n) is 4.75. The van der Waals surface area contributed by atoms with Gasteiger partial charge in [-0.2, -0.15) is 0 Å². The smallest absolute Gasteiger partial charge is 0.265 e. The van der Waals surface area contributed by atoms with E-state index in [1.54, 1.807) is 4.90 Å². The summed E-state index contributed by atoms with van der Waals surface area (Å²) in [6.07, 6.45) is 0. The molecular formula is C10H13BrN2OS2. The van der Waals surface area contributed by atoms with E-state index in [1.165, 1.54) is 11.3 Å². The third kappa shape index (κ3) is 3.26. The molecule has 0 saturated heterocycles. The van der Waals surface area contributed by atoms with Crippen molar-refractivity contribution < 1.29 is 4.79 Å². The second-order valence-corrected chi connectivity index (χ2v) is 5.89. The van der Waals surface area contributed by atoms with E-state index in [1.807, 2.05) is 25.3 Å². The van der Waals surface area contributed by atoms with Gasteiger partial charge < -0.3 is 10.6 Å². The molecular weight excluding hydrogens is 308 g/mol. The second-order valence-electron chi connectivity index (χ2n) is 3.59. The highest BCUT2D eigenvalue weighted by molar-refractivity contribution is 9.10. The molecule has 0 aromatic carbocycles. The minimum atomic E-state index is -0.0373. The Morgan fingerprint density at radius 2 is 2.31 bits per heavy atom. The Morgan fingerprint density at radius 3 is 2.69 bits per heavy atom. The van der Waals surface area contributed by atoms with Crippen LogP contribution in [0.1, 0.15) is 23.5 Å². The molecule has 3 nitrogen and oxygen atoms in total. The van der Waals surface area contributed by atoms with Crippen molar-refractivity contribution in [1.82, 2.24) is 4.90 Å².